The van der Waals surface area contributed by atoms with Crippen LogP contribution in [-0.2, 0) is 12.8 Å². The van der Waals surface area contributed by atoms with Crippen LogP contribution in [0.15, 0.2) is 18.2 Å². The lowest BCUT2D eigenvalue weighted by molar-refractivity contribution is 0.258. The van der Waals surface area contributed by atoms with Gasteiger partial charge >= 0.3 is 0 Å². The quantitative estimate of drug-likeness (QED) is 0.896. The van der Waals surface area contributed by atoms with Crippen molar-refractivity contribution in [3.05, 3.63) is 29.3 Å². The van der Waals surface area contributed by atoms with Gasteiger partial charge in [-0.05, 0) is 68.2 Å². The van der Waals surface area contributed by atoms with Gasteiger partial charge in [0.05, 0.1) is 6.61 Å². The fraction of sp³-hybridized carbons (Fsp3) is 0.647. The average molecular weight is 259 g/mol. The third-order valence-corrected chi connectivity index (χ3v) is 4.79. The normalized spacial score (nSPS) is 21.1. The molecular formula is C17H25NO. The van der Waals surface area contributed by atoms with Gasteiger partial charge in [-0.2, -0.15) is 0 Å². The van der Waals surface area contributed by atoms with Gasteiger partial charge in [0.1, 0.15) is 5.75 Å². The minimum absolute atomic E-state index is 0.0498. The Morgan fingerprint density at radius 1 is 1.00 bits per heavy atom. The Balaban J connectivity index is 1.55. The predicted molar refractivity (Wildman–Crippen MR) is 78.6 cm³/mol. The first kappa shape index (κ1) is 13.0. The number of aryl methyl sites for hydroxylation is 2. The summed E-state index contributed by atoms with van der Waals surface area (Å²) in [7, 11) is 0. The fourth-order valence-electron chi connectivity index (χ4n) is 3.50. The van der Waals surface area contributed by atoms with E-state index in [4.69, 9.17) is 10.5 Å². The number of fused-ring (bicyclic) bond motifs is 1. The topological polar surface area (TPSA) is 35.2 Å². The number of rotatable bonds is 4. The van der Waals surface area contributed by atoms with Crippen molar-refractivity contribution in [1.29, 1.82) is 0 Å². The largest absolute Gasteiger partial charge is 0.494 e. The monoisotopic (exact) mass is 259 g/mol. The summed E-state index contributed by atoms with van der Waals surface area (Å²) in [5.74, 6) is 1.03. The molecule has 0 aliphatic heterocycles. The number of hydrogen-bond acceptors (Lipinski definition) is 2. The highest BCUT2D eigenvalue weighted by Gasteiger charge is 2.28. The zero-order chi connectivity index (χ0) is 13.1. The van der Waals surface area contributed by atoms with Crippen molar-refractivity contribution in [2.75, 3.05) is 6.61 Å². The van der Waals surface area contributed by atoms with Gasteiger partial charge < -0.3 is 10.5 Å². The Labute approximate surface area is 116 Å². The first-order valence-electron chi connectivity index (χ1n) is 7.79. The molecule has 0 heterocycles. The maximum atomic E-state index is 6.35. The van der Waals surface area contributed by atoms with E-state index >= 15 is 0 Å². The Bertz CT molecular complexity index is 435. The molecule has 2 nitrogen and oxygen atoms in total. The van der Waals surface area contributed by atoms with Gasteiger partial charge in [0.15, 0.2) is 0 Å². The second kappa shape index (κ2) is 5.54. The summed E-state index contributed by atoms with van der Waals surface area (Å²) in [6.07, 6.45) is 11.0. The molecule has 2 aliphatic carbocycles. The summed E-state index contributed by atoms with van der Waals surface area (Å²) in [4.78, 5) is 0. The van der Waals surface area contributed by atoms with Crippen molar-refractivity contribution in [3.8, 4) is 5.75 Å². The van der Waals surface area contributed by atoms with Crippen molar-refractivity contribution in [1.82, 2.24) is 0 Å². The summed E-state index contributed by atoms with van der Waals surface area (Å²) >= 11 is 0. The molecule has 2 heteroatoms. The zero-order valence-electron chi connectivity index (χ0n) is 11.8. The summed E-state index contributed by atoms with van der Waals surface area (Å²) in [5.41, 5.74) is 9.41. The van der Waals surface area contributed by atoms with Gasteiger partial charge in [0, 0.05) is 5.54 Å². The van der Waals surface area contributed by atoms with Crippen molar-refractivity contribution in [2.45, 2.75) is 63.3 Å². The fourth-order valence-corrected chi connectivity index (χ4v) is 3.50. The molecule has 1 saturated carbocycles. The molecule has 0 atom stereocenters. The number of ether oxygens (including phenoxy) is 1. The van der Waals surface area contributed by atoms with Gasteiger partial charge in [-0.25, -0.2) is 0 Å². The second-order valence-electron chi connectivity index (χ2n) is 6.31. The van der Waals surface area contributed by atoms with Crippen LogP contribution in [0.3, 0.4) is 0 Å². The minimum atomic E-state index is 0.0498. The van der Waals surface area contributed by atoms with Gasteiger partial charge in [-0.15, -0.1) is 0 Å². The average Bonchev–Trinajstić information content (AvgIpc) is 2.86. The molecule has 104 valence electrons. The Kier molecular flexibility index (Phi) is 3.79. The smallest absolute Gasteiger partial charge is 0.119 e. The van der Waals surface area contributed by atoms with Gasteiger partial charge in [-0.3, -0.25) is 0 Å². The van der Waals surface area contributed by atoms with Crippen LogP contribution in [-0.4, -0.2) is 12.1 Å². The van der Waals surface area contributed by atoms with Gasteiger partial charge in [0.25, 0.3) is 0 Å². The van der Waals surface area contributed by atoms with E-state index in [1.165, 1.54) is 62.5 Å². The molecule has 1 fully saturated rings. The van der Waals surface area contributed by atoms with E-state index in [9.17, 15) is 0 Å². The molecule has 2 aliphatic rings. The van der Waals surface area contributed by atoms with Crippen molar-refractivity contribution >= 4 is 0 Å². The van der Waals surface area contributed by atoms with Gasteiger partial charge in [0.2, 0.25) is 0 Å². The van der Waals surface area contributed by atoms with E-state index in [1.807, 2.05) is 0 Å². The van der Waals surface area contributed by atoms with Crippen LogP contribution in [0.2, 0.25) is 0 Å². The van der Waals surface area contributed by atoms with Crippen LogP contribution in [0.25, 0.3) is 0 Å². The lowest BCUT2D eigenvalue weighted by atomic mass is 9.92. The highest BCUT2D eigenvalue weighted by molar-refractivity contribution is 5.37. The molecule has 0 saturated heterocycles. The Morgan fingerprint density at radius 2 is 1.74 bits per heavy atom. The van der Waals surface area contributed by atoms with Crippen molar-refractivity contribution in [2.24, 2.45) is 5.73 Å². The van der Waals surface area contributed by atoms with E-state index in [0.717, 1.165) is 18.8 Å². The SMILES string of the molecule is NC1(CCOc2ccc3c(c2)CCCC3)CCCC1. The number of nitrogens with two attached hydrogens (primary N) is 1. The third-order valence-electron chi connectivity index (χ3n) is 4.79. The minimum Gasteiger partial charge on any atom is -0.494 e. The molecule has 1 aromatic rings. The number of benzene rings is 1. The maximum absolute atomic E-state index is 6.35. The van der Waals surface area contributed by atoms with Crippen LogP contribution in [0.1, 0.15) is 56.1 Å². The van der Waals surface area contributed by atoms with E-state index in [0.29, 0.717) is 0 Å². The van der Waals surface area contributed by atoms with Gasteiger partial charge in [-0.1, -0.05) is 18.9 Å². The molecule has 0 bridgehead atoms. The second-order valence-corrected chi connectivity index (χ2v) is 6.31. The summed E-state index contributed by atoms with van der Waals surface area (Å²) in [5, 5.41) is 0. The van der Waals surface area contributed by atoms with E-state index in [2.05, 4.69) is 18.2 Å². The molecule has 0 amide bonds. The van der Waals surface area contributed by atoms with Crippen molar-refractivity contribution < 1.29 is 4.74 Å². The maximum Gasteiger partial charge on any atom is 0.119 e. The van der Waals surface area contributed by atoms with Crippen molar-refractivity contribution in [3.63, 3.8) is 0 Å². The first-order chi connectivity index (χ1) is 9.25. The molecule has 0 spiro atoms. The molecule has 1 aromatic carbocycles. The zero-order valence-corrected chi connectivity index (χ0v) is 11.8. The van der Waals surface area contributed by atoms with Crippen LogP contribution in [0, 0.1) is 0 Å². The van der Waals surface area contributed by atoms with Crippen LogP contribution in [0.5, 0.6) is 5.75 Å². The molecule has 19 heavy (non-hydrogen) atoms. The summed E-state index contributed by atoms with van der Waals surface area (Å²) < 4.78 is 5.92. The Morgan fingerprint density at radius 3 is 2.53 bits per heavy atom. The molecule has 0 aromatic heterocycles. The number of hydrogen-bond donors (Lipinski definition) is 1. The highest BCUT2D eigenvalue weighted by Crippen LogP contribution is 2.30. The predicted octanol–water partition coefficient (Wildman–Crippen LogP) is 3.61. The van der Waals surface area contributed by atoms with Crippen LogP contribution in [0.4, 0.5) is 0 Å². The Hall–Kier alpha value is -1.02. The molecule has 3 rings (SSSR count). The molecule has 0 unspecified atom stereocenters. The first-order valence-corrected chi connectivity index (χ1v) is 7.79. The third kappa shape index (κ3) is 3.11. The highest BCUT2D eigenvalue weighted by atomic mass is 16.5. The van der Waals surface area contributed by atoms with Crippen LogP contribution < -0.4 is 10.5 Å². The summed E-state index contributed by atoms with van der Waals surface area (Å²) in [6, 6.07) is 6.62. The molecule has 2 N–H and O–H groups in total. The van der Waals surface area contributed by atoms with E-state index in [1.54, 1.807) is 0 Å². The lowest BCUT2D eigenvalue weighted by Crippen LogP contribution is -2.37. The van der Waals surface area contributed by atoms with Crippen LogP contribution >= 0.6 is 0 Å². The summed E-state index contributed by atoms with van der Waals surface area (Å²) in [6.45, 7) is 0.759. The molecular weight excluding hydrogens is 234 g/mol. The van der Waals surface area contributed by atoms with E-state index in [-0.39, 0.29) is 5.54 Å². The lowest BCUT2D eigenvalue weighted by Gasteiger charge is -2.23. The van der Waals surface area contributed by atoms with E-state index < -0.39 is 0 Å². The standard InChI is InChI=1S/C17H25NO/c18-17(9-3-4-10-17)11-12-19-16-8-7-14-5-1-2-6-15(14)13-16/h7-8,13H,1-6,9-12,18H2. The molecule has 0 radical (unpaired) electrons.